The minimum absolute atomic E-state index is 0. The van der Waals surface area contributed by atoms with Crippen molar-refractivity contribution in [2.24, 2.45) is 11.1 Å². The topological polar surface area (TPSA) is 84.7 Å². The van der Waals surface area contributed by atoms with Gasteiger partial charge in [0, 0.05) is 41.5 Å². The Kier molecular flexibility index (Phi) is 10.1. The summed E-state index contributed by atoms with van der Waals surface area (Å²) in [6, 6.07) is 19.3. The molecule has 0 spiro atoms. The number of amides is 2. The fraction of sp³-hybridized carbons (Fsp3) is 0.333. The van der Waals surface area contributed by atoms with Gasteiger partial charge in [0.2, 0.25) is 5.91 Å². The average molecular weight is 575 g/mol. The predicted octanol–water partition coefficient (Wildman–Crippen LogP) is 5.93. The van der Waals surface area contributed by atoms with Crippen LogP contribution in [0.25, 0.3) is 0 Å². The number of carbonyl (C=O) groups excluding carboxylic acids is 2. The fourth-order valence-corrected chi connectivity index (χ4v) is 4.74. The van der Waals surface area contributed by atoms with Gasteiger partial charge in [0.1, 0.15) is 18.0 Å². The maximum atomic E-state index is 14.1. The summed E-state index contributed by atoms with van der Waals surface area (Å²) < 4.78 is 20.5. The third kappa shape index (κ3) is 7.57. The Morgan fingerprint density at radius 3 is 2.54 bits per heavy atom. The Bertz CT molecular complexity index is 1330. The first-order valence-electron chi connectivity index (χ1n) is 12.6. The van der Waals surface area contributed by atoms with E-state index in [9.17, 15) is 14.0 Å². The molecule has 1 heterocycles. The molecule has 2 amide bonds. The van der Waals surface area contributed by atoms with E-state index in [4.69, 9.17) is 22.1 Å². The van der Waals surface area contributed by atoms with Crippen molar-refractivity contribution in [2.75, 3.05) is 11.4 Å². The number of carbonyl (C=O) groups is 2. The van der Waals surface area contributed by atoms with E-state index in [1.165, 1.54) is 6.07 Å². The molecule has 0 unspecified atom stereocenters. The van der Waals surface area contributed by atoms with Gasteiger partial charge in [-0.15, -0.1) is 12.4 Å². The van der Waals surface area contributed by atoms with Crippen LogP contribution in [0.2, 0.25) is 5.02 Å². The van der Waals surface area contributed by atoms with Crippen molar-refractivity contribution in [2.45, 2.75) is 52.5 Å². The Morgan fingerprint density at radius 2 is 1.85 bits per heavy atom. The lowest BCUT2D eigenvalue weighted by molar-refractivity contribution is -0.138. The Hall–Kier alpha value is -2.97. The molecule has 0 bridgehead atoms. The predicted molar refractivity (Wildman–Crippen MR) is 154 cm³/mol. The molecule has 3 aromatic carbocycles. The van der Waals surface area contributed by atoms with Gasteiger partial charge in [-0.2, -0.15) is 0 Å². The van der Waals surface area contributed by atoms with Gasteiger partial charge < -0.3 is 20.7 Å². The normalized spacial score (nSPS) is 17.2. The van der Waals surface area contributed by atoms with Crippen molar-refractivity contribution in [1.82, 2.24) is 5.32 Å². The van der Waals surface area contributed by atoms with Crippen molar-refractivity contribution in [3.63, 3.8) is 0 Å². The summed E-state index contributed by atoms with van der Waals surface area (Å²) in [5.74, 6) is -1.14. The number of ether oxygens (including phenoxy) is 1. The number of hydrogen-bond acceptors (Lipinski definition) is 4. The molecule has 0 aromatic heterocycles. The smallest absolute Gasteiger partial charge is 0.256 e. The van der Waals surface area contributed by atoms with Crippen molar-refractivity contribution in [3.8, 4) is 0 Å². The summed E-state index contributed by atoms with van der Waals surface area (Å²) >= 11 is 6.42. The first kappa shape index (κ1) is 30.6. The van der Waals surface area contributed by atoms with Crippen LogP contribution in [-0.4, -0.2) is 24.5 Å². The monoisotopic (exact) mass is 573 g/mol. The van der Waals surface area contributed by atoms with Crippen LogP contribution in [0.3, 0.4) is 0 Å². The zero-order chi connectivity index (χ0) is 27.4. The minimum atomic E-state index is -1.07. The third-order valence-corrected chi connectivity index (χ3v) is 6.57. The number of fused-ring (bicyclic) bond motifs is 1. The highest BCUT2D eigenvalue weighted by molar-refractivity contribution is 6.30. The Morgan fingerprint density at radius 1 is 1.10 bits per heavy atom. The van der Waals surface area contributed by atoms with Gasteiger partial charge in [0.15, 0.2) is 0 Å². The minimum Gasteiger partial charge on any atom is -0.355 e. The molecule has 2 atom stereocenters. The largest absolute Gasteiger partial charge is 0.355 e. The lowest BCUT2D eigenvalue weighted by atomic mass is 9.94. The molecule has 6 nitrogen and oxygen atoms in total. The van der Waals surface area contributed by atoms with Crippen molar-refractivity contribution < 1.29 is 18.7 Å². The quantitative estimate of drug-likeness (QED) is 0.366. The second-order valence-electron chi connectivity index (χ2n) is 10.7. The van der Waals surface area contributed by atoms with Crippen LogP contribution in [0.1, 0.15) is 55.5 Å². The summed E-state index contributed by atoms with van der Waals surface area (Å²) in [7, 11) is 0. The van der Waals surface area contributed by atoms with Gasteiger partial charge in [-0.1, -0.05) is 74.8 Å². The van der Waals surface area contributed by atoms with Crippen molar-refractivity contribution in [1.29, 1.82) is 0 Å². The molecule has 0 saturated carbocycles. The lowest BCUT2D eigenvalue weighted by Crippen LogP contribution is -2.45. The highest BCUT2D eigenvalue weighted by Gasteiger charge is 2.39. The molecule has 0 saturated heterocycles. The number of nitrogens with zero attached hydrogens (tertiary/aromatic N) is 1. The van der Waals surface area contributed by atoms with Gasteiger partial charge in [-0.3, -0.25) is 9.59 Å². The van der Waals surface area contributed by atoms with E-state index in [0.717, 1.165) is 16.7 Å². The number of halogens is 3. The van der Waals surface area contributed by atoms with Crippen LogP contribution in [-0.2, 0) is 27.4 Å². The maximum Gasteiger partial charge on any atom is 0.256 e. The number of nitrogens with two attached hydrogens (primary N) is 1. The Labute approximate surface area is 240 Å². The van der Waals surface area contributed by atoms with Gasteiger partial charge in [0.05, 0.1) is 6.42 Å². The Balaban J connectivity index is 0.00000420. The molecular formula is C30H34Cl2FN3O3. The van der Waals surface area contributed by atoms with E-state index in [0.29, 0.717) is 29.4 Å². The summed E-state index contributed by atoms with van der Waals surface area (Å²) in [6.07, 6.45) is -1.95. The summed E-state index contributed by atoms with van der Waals surface area (Å²) in [5, 5.41) is 3.24. The van der Waals surface area contributed by atoms with Crippen molar-refractivity contribution >= 4 is 41.5 Å². The van der Waals surface area contributed by atoms with Gasteiger partial charge in [-0.25, -0.2) is 4.39 Å². The van der Waals surface area contributed by atoms with Crippen LogP contribution < -0.4 is 16.0 Å². The highest BCUT2D eigenvalue weighted by atomic mass is 35.5. The molecule has 208 valence electrons. The first-order valence-corrected chi connectivity index (χ1v) is 13.0. The van der Waals surface area contributed by atoms with E-state index < -0.39 is 23.9 Å². The van der Waals surface area contributed by atoms with Crippen LogP contribution in [0, 0.1) is 11.2 Å². The number of hydrogen-bond donors (Lipinski definition) is 2. The summed E-state index contributed by atoms with van der Waals surface area (Å²) in [6.45, 7) is 6.89. The molecule has 1 aliphatic heterocycles. The van der Waals surface area contributed by atoms with Crippen LogP contribution in [0.15, 0.2) is 66.7 Å². The van der Waals surface area contributed by atoms with E-state index >= 15 is 0 Å². The molecule has 0 fully saturated rings. The van der Waals surface area contributed by atoms with Crippen LogP contribution in [0.5, 0.6) is 0 Å². The van der Waals surface area contributed by atoms with Gasteiger partial charge >= 0.3 is 0 Å². The van der Waals surface area contributed by atoms with Crippen LogP contribution in [0.4, 0.5) is 10.1 Å². The van der Waals surface area contributed by atoms with Crippen LogP contribution >= 0.6 is 24.0 Å². The van der Waals surface area contributed by atoms with Crippen molar-refractivity contribution in [3.05, 3.63) is 99.8 Å². The molecule has 0 radical (unpaired) electrons. The average Bonchev–Trinajstić information content (AvgIpc) is 2.98. The molecule has 3 aromatic rings. The summed E-state index contributed by atoms with van der Waals surface area (Å²) in [5.41, 5.74) is 9.16. The second kappa shape index (κ2) is 12.9. The van der Waals surface area contributed by atoms with E-state index in [1.54, 1.807) is 35.2 Å². The first-order chi connectivity index (χ1) is 18.1. The van der Waals surface area contributed by atoms with Gasteiger partial charge in [0.25, 0.3) is 5.91 Å². The number of rotatable bonds is 7. The number of benzene rings is 3. The zero-order valence-electron chi connectivity index (χ0n) is 22.2. The molecular weight excluding hydrogens is 540 g/mol. The SMILES string of the molecule is CC(C)(C)CN1C(=O)[C@H](CC(=O)NCc2ccccc2F)O[C@@H](c2cccc(CN)c2)c2cc(Cl)ccc21.Cl. The maximum absolute atomic E-state index is 14.1. The van der Waals surface area contributed by atoms with E-state index in [1.807, 2.05) is 51.1 Å². The molecule has 1 aliphatic rings. The standard InChI is InChI=1S/C30H33ClFN3O3.ClH/c1-30(2,3)18-35-25-12-11-22(31)14-23(25)28(20-9-6-7-19(13-20)16-33)38-26(29(35)37)15-27(36)34-17-21-8-4-5-10-24(21)32;/h4-14,26,28H,15-18,33H2,1-3H3,(H,34,36);1H/t26-,28-;/m0./s1. The van der Waals surface area contributed by atoms with Gasteiger partial charge in [-0.05, 0) is 40.8 Å². The van der Waals surface area contributed by atoms with E-state index in [-0.39, 0.29) is 36.7 Å². The fourth-order valence-electron chi connectivity index (χ4n) is 4.56. The molecule has 4 rings (SSSR count). The molecule has 0 aliphatic carbocycles. The number of nitrogens with one attached hydrogen (secondary N) is 1. The molecule has 3 N–H and O–H groups in total. The highest BCUT2D eigenvalue weighted by Crippen LogP contribution is 2.41. The van der Waals surface area contributed by atoms with E-state index in [2.05, 4.69) is 5.32 Å². The zero-order valence-corrected chi connectivity index (χ0v) is 23.8. The third-order valence-electron chi connectivity index (χ3n) is 6.33. The lowest BCUT2D eigenvalue weighted by Gasteiger charge is -2.31. The molecule has 39 heavy (non-hydrogen) atoms. The molecule has 9 heteroatoms. The number of anilines is 1. The summed E-state index contributed by atoms with van der Waals surface area (Å²) in [4.78, 5) is 28.6. The second-order valence-corrected chi connectivity index (χ2v) is 11.2.